The average Bonchev–Trinajstić information content (AvgIpc) is 2.14. The van der Waals surface area contributed by atoms with Crippen molar-refractivity contribution in [3.63, 3.8) is 0 Å². The summed E-state index contributed by atoms with van der Waals surface area (Å²) in [6.45, 7) is 5.01. The summed E-state index contributed by atoms with van der Waals surface area (Å²) >= 11 is 0. The molecule has 5 nitrogen and oxygen atoms in total. The molecule has 0 aromatic carbocycles. The number of carbonyl (C=O) groups is 1. The standard InChI is InChI=1S/C8H16N2O3/c11-8(12)9-2-1-3-10-4-6-13-7-5-10/h9H,1-7H2,(H,11,12). The summed E-state index contributed by atoms with van der Waals surface area (Å²) in [6.07, 6.45) is -0.0753. The van der Waals surface area contributed by atoms with Crippen LogP contribution >= 0.6 is 0 Å². The Morgan fingerprint density at radius 1 is 1.46 bits per heavy atom. The molecule has 13 heavy (non-hydrogen) atoms. The van der Waals surface area contributed by atoms with Crippen LogP contribution in [-0.4, -0.2) is 55.5 Å². The predicted molar refractivity (Wildman–Crippen MR) is 47.9 cm³/mol. The number of ether oxygens (including phenoxy) is 1. The molecular formula is C8H16N2O3. The zero-order valence-electron chi connectivity index (χ0n) is 7.66. The third-order valence-electron chi connectivity index (χ3n) is 2.03. The highest BCUT2D eigenvalue weighted by atomic mass is 16.5. The largest absolute Gasteiger partial charge is 0.465 e. The van der Waals surface area contributed by atoms with Gasteiger partial charge in [0.25, 0.3) is 0 Å². The minimum absolute atomic E-state index is 0.534. The van der Waals surface area contributed by atoms with E-state index in [1.165, 1.54) is 0 Å². The van der Waals surface area contributed by atoms with Crippen molar-refractivity contribution in [1.29, 1.82) is 0 Å². The number of rotatable bonds is 4. The molecule has 0 bridgehead atoms. The van der Waals surface area contributed by atoms with E-state index in [2.05, 4.69) is 10.2 Å². The SMILES string of the molecule is O=C(O)NCCCN1CCOCC1. The van der Waals surface area contributed by atoms with Crippen molar-refractivity contribution in [3.8, 4) is 0 Å². The smallest absolute Gasteiger partial charge is 0.404 e. The maximum absolute atomic E-state index is 10.1. The van der Waals surface area contributed by atoms with Crippen LogP contribution in [0.5, 0.6) is 0 Å². The van der Waals surface area contributed by atoms with Crippen molar-refractivity contribution < 1.29 is 14.6 Å². The van der Waals surface area contributed by atoms with Gasteiger partial charge < -0.3 is 15.2 Å². The molecule has 0 radical (unpaired) electrons. The van der Waals surface area contributed by atoms with E-state index < -0.39 is 6.09 Å². The summed E-state index contributed by atoms with van der Waals surface area (Å²) in [6, 6.07) is 0. The minimum atomic E-state index is -0.943. The van der Waals surface area contributed by atoms with Crippen LogP contribution in [0, 0.1) is 0 Å². The first-order valence-electron chi connectivity index (χ1n) is 4.56. The first-order chi connectivity index (χ1) is 6.29. The van der Waals surface area contributed by atoms with E-state index >= 15 is 0 Å². The molecule has 0 aromatic heterocycles. The van der Waals surface area contributed by atoms with Crippen molar-refractivity contribution in [1.82, 2.24) is 10.2 Å². The maximum atomic E-state index is 10.1. The molecule has 0 unspecified atom stereocenters. The fourth-order valence-electron chi connectivity index (χ4n) is 1.32. The highest BCUT2D eigenvalue weighted by Crippen LogP contribution is 1.96. The summed E-state index contributed by atoms with van der Waals surface area (Å²) in [7, 11) is 0. The highest BCUT2D eigenvalue weighted by molar-refractivity contribution is 5.64. The Morgan fingerprint density at radius 3 is 2.77 bits per heavy atom. The number of hydrogen-bond acceptors (Lipinski definition) is 3. The van der Waals surface area contributed by atoms with Crippen molar-refractivity contribution in [2.24, 2.45) is 0 Å². The van der Waals surface area contributed by atoms with Crippen LogP contribution in [0.4, 0.5) is 4.79 Å². The monoisotopic (exact) mass is 188 g/mol. The second-order valence-corrected chi connectivity index (χ2v) is 3.04. The number of morpholine rings is 1. The lowest BCUT2D eigenvalue weighted by Gasteiger charge is -2.26. The molecule has 76 valence electrons. The van der Waals surface area contributed by atoms with Crippen LogP contribution in [0.1, 0.15) is 6.42 Å². The zero-order chi connectivity index (χ0) is 9.52. The maximum Gasteiger partial charge on any atom is 0.404 e. The summed E-state index contributed by atoms with van der Waals surface area (Å²) in [5, 5.41) is 10.6. The molecule has 1 rings (SSSR count). The Labute approximate surface area is 77.7 Å². The number of nitrogens with zero attached hydrogens (tertiary/aromatic N) is 1. The van der Waals surface area contributed by atoms with Gasteiger partial charge in [0.15, 0.2) is 0 Å². The van der Waals surface area contributed by atoms with Gasteiger partial charge in [-0.3, -0.25) is 4.90 Å². The van der Waals surface area contributed by atoms with E-state index in [-0.39, 0.29) is 0 Å². The Hall–Kier alpha value is -0.810. The quantitative estimate of drug-likeness (QED) is 0.608. The van der Waals surface area contributed by atoms with Crippen LogP contribution in [0.15, 0.2) is 0 Å². The summed E-state index contributed by atoms with van der Waals surface area (Å²) in [4.78, 5) is 12.4. The topological polar surface area (TPSA) is 61.8 Å². The molecule has 0 aromatic rings. The molecule has 5 heteroatoms. The molecule has 0 aliphatic carbocycles. The average molecular weight is 188 g/mol. The second kappa shape index (κ2) is 5.77. The lowest BCUT2D eigenvalue weighted by atomic mass is 10.3. The first-order valence-corrected chi connectivity index (χ1v) is 4.56. The second-order valence-electron chi connectivity index (χ2n) is 3.04. The summed E-state index contributed by atoms with van der Waals surface area (Å²) in [5.74, 6) is 0. The fraction of sp³-hybridized carbons (Fsp3) is 0.875. The number of amides is 1. The van der Waals surface area contributed by atoms with Crippen molar-refractivity contribution in [2.45, 2.75) is 6.42 Å². The van der Waals surface area contributed by atoms with Gasteiger partial charge in [-0.15, -0.1) is 0 Å². The summed E-state index contributed by atoms with van der Waals surface area (Å²) in [5.41, 5.74) is 0. The third-order valence-corrected chi connectivity index (χ3v) is 2.03. The van der Waals surface area contributed by atoms with E-state index in [0.29, 0.717) is 6.54 Å². The van der Waals surface area contributed by atoms with Crippen molar-refractivity contribution in [3.05, 3.63) is 0 Å². The van der Waals surface area contributed by atoms with Crippen LogP contribution in [0.25, 0.3) is 0 Å². The van der Waals surface area contributed by atoms with Gasteiger partial charge in [-0.1, -0.05) is 0 Å². The van der Waals surface area contributed by atoms with E-state index in [4.69, 9.17) is 9.84 Å². The Balaban J connectivity index is 1.95. The number of nitrogens with one attached hydrogen (secondary N) is 1. The van der Waals surface area contributed by atoms with Gasteiger partial charge in [0.2, 0.25) is 0 Å². The fourth-order valence-corrected chi connectivity index (χ4v) is 1.32. The first kappa shape index (κ1) is 10.3. The van der Waals surface area contributed by atoms with Gasteiger partial charge in [0, 0.05) is 19.6 Å². The molecule has 1 saturated heterocycles. The van der Waals surface area contributed by atoms with Crippen LogP contribution in [-0.2, 0) is 4.74 Å². The minimum Gasteiger partial charge on any atom is -0.465 e. The van der Waals surface area contributed by atoms with E-state index in [1.807, 2.05) is 0 Å². The normalized spacial score (nSPS) is 18.5. The lowest BCUT2D eigenvalue weighted by molar-refractivity contribution is 0.0374. The zero-order valence-corrected chi connectivity index (χ0v) is 7.66. The third kappa shape index (κ3) is 4.69. The van der Waals surface area contributed by atoms with Crippen molar-refractivity contribution >= 4 is 6.09 Å². The van der Waals surface area contributed by atoms with Gasteiger partial charge in [-0.25, -0.2) is 4.79 Å². The molecule has 1 aliphatic rings. The van der Waals surface area contributed by atoms with Gasteiger partial charge in [0.05, 0.1) is 13.2 Å². The van der Waals surface area contributed by atoms with Crippen LogP contribution in [0.3, 0.4) is 0 Å². The Kier molecular flexibility index (Phi) is 4.56. The van der Waals surface area contributed by atoms with Gasteiger partial charge in [-0.2, -0.15) is 0 Å². The lowest BCUT2D eigenvalue weighted by Crippen LogP contribution is -2.38. The molecular weight excluding hydrogens is 172 g/mol. The van der Waals surface area contributed by atoms with Crippen molar-refractivity contribution in [2.75, 3.05) is 39.4 Å². The summed E-state index contributed by atoms with van der Waals surface area (Å²) < 4.78 is 5.19. The van der Waals surface area contributed by atoms with Crippen LogP contribution < -0.4 is 5.32 Å². The van der Waals surface area contributed by atoms with Gasteiger partial charge in [-0.05, 0) is 13.0 Å². The highest BCUT2D eigenvalue weighted by Gasteiger charge is 2.08. The molecule has 0 saturated carbocycles. The number of hydrogen-bond donors (Lipinski definition) is 2. The Morgan fingerprint density at radius 2 is 2.15 bits per heavy atom. The van der Waals surface area contributed by atoms with E-state index in [0.717, 1.165) is 39.3 Å². The predicted octanol–water partition coefficient (Wildman–Crippen LogP) is -0.0237. The molecule has 1 aliphatic heterocycles. The molecule has 1 heterocycles. The van der Waals surface area contributed by atoms with Gasteiger partial charge >= 0.3 is 6.09 Å². The Bertz CT molecular complexity index is 157. The van der Waals surface area contributed by atoms with Crippen LogP contribution in [0.2, 0.25) is 0 Å². The molecule has 1 fully saturated rings. The molecule has 2 N–H and O–H groups in total. The van der Waals surface area contributed by atoms with E-state index in [1.54, 1.807) is 0 Å². The number of carboxylic acid groups (broad SMARTS) is 1. The molecule has 0 atom stereocenters. The molecule has 1 amide bonds. The van der Waals surface area contributed by atoms with E-state index in [9.17, 15) is 4.79 Å². The van der Waals surface area contributed by atoms with Gasteiger partial charge in [0.1, 0.15) is 0 Å². The molecule has 0 spiro atoms.